The van der Waals surface area contributed by atoms with Crippen molar-refractivity contribution >= 4 is 23.2 Å². The van der Waals surface area contributed by atoms with Crippen LogP contribution in [0.1, 0.15) is 66.2 Å². The number of hydrogen-bond acceptors (Lipinski definition) is 1. The molecule has 0 heterocycles. The lowest BCUT2D eigenvalue weighted by molar-refractivity contribution is 0.216. The lowest BCUT2D eigenvalue weighted by atomic mass is 10.1. The van der Waals surface area contributed by atoms with E-state index in [0.717, 1.165) is 0 Å². The van der Waals surface area contributed by atoms with E-state index in [-0.39, 0.29) is 11.4 Å². The van der Waals surface area contributed by atoms with E-state index in [9.17, 15) is 0 Å². The summed E-state index contributed by atoms with van der Waals surface area (Å²) in [6.45, 7) is 7.96. The molecule has 0 radical (unpaired) electrons. The molecule has 0 rings (SSSR count). The Morgan fingerprint density at radius 3 is 1.20 bits per heavy atom. The summed E-state index contributed by atoms with van der Waals surface area (Å²) in [7, 11) is 0. The summed E-state index contributed by atoms with van der Waals surface area (Å²) < 4.78 is 0. The Balaban J connectivity index is -0.000000173. The summed E-state index contributed by atoms with van der Waals surface area (Å²) in [5.74, 6) is 0. The van der Waals surface area contributed by atoms with Gasteiger partial charge in [-0.05, 0) is 13.8 Å². The molecule has 0 amide bonds. The predicted octanol–water partition coefficient (Wildman–Crippen LogP) is 5.18. The minimum atomic E-state index is -0.167. The van der Waals surface area contributed by atoms with Crippen LogP contribution in [0.2, 0.25) is 0 Å². The van der Waals surface area contributed by atoms with E-state index in [2.05, 4.69) is 13.8 Å². The van der Waals surface area contributed by atoms with Crippen molar-refractivity contribution in [1.29, 1.82) is 0 Å². The Kier molecular flexibility index (Phi) is 33.4. The fourth-order valence-corrected chi connectivity index (χ4v) is 0.854. The molecule has 96 valence electrons. The average molecular weight is 259 g/mol. The Bertz CT molecular complexity index is 69.3. The second-order valence-corrected chi connectivity index (χ2v) is 4.42. The summed E-state index contributed by atoms with van der Waals surface area (Å²) in [6.07, 6.45) is 8.32. The first kappa shape index (κ1) is 20.9. The van der Waals surface area contributed by atoms with Crippen molar-refractivity contribution in [1.82, 2.24) is 0 Å². The van der Waals surface area contributed by atoms with Crippen LogP contribution >= 0.6 is 23.2 Å². The number of aliphatic hydroxyl groups is 1. The van der Waals surface area contributed by atoms with Crippen molar-refractivity contribution in [3.63, 3.8) is 0 Å². The lowest BCUT2D eigenvalue weighted by Gasteiger charge is -1.93. The second-order valence-electron chi connectivity index (χ2n) is 3.61. The number of alkyl halides is 2. The van der Waals surface area contributed by atoms with Gasteiger partial charge in [0.25, 0.3) is 0 Å². The van der Waals surface area contributed by atoms with Crippen LogP contribution in [-0.2, 0) is 0 Å². The zero-order valence-corrected chi connectivity index (χ0v) is 12.2. The van der Waals surface area contributed by atoms with E-state index in [1.54, 1.807) is 13.8 Å². The first-order valence-corrected chi connectivity index (χ1v) is 6.93. The maximum Gasteiger partial charge on any atom is 0.0967 e. The number of halogens is 2. The molecule has 0 fully saturated rings. The van der Waals surface area contributed by atoms with E-state index in [0.29, 0.717) is 0 Å². The number of rotatable bonds is 5. The lowest BCUT2D eigenvalue weighted by Crippen LogP contribution is -1.85. The highest BCUT2D eigenvalue weighted by atomic mass is 35.5. The monoisotopic (exact) mass is 258 g/mol. The van der Waals surface area contributed by atoms with Crippen molar-refractivity contribution in [2.45, 2.75) is 72.3 Å². The summed E-state index contributed by atoms with van der Waals surface area (Å²) in [4.78, 5) is 0. The van der Waals surface area contributed by atoms with E-state index >= 15 is 0 Å². The van der Waals surface area contributed by atoms with E-state index < -0.39 is 0 Å². The van der Waals surface area contributed by atoms with Gasteiger partial charge in [0.05, 0.1) is 5.34 Å². The molecule has 1 nitrogen and oxygen atoms in total. The molecule has 15 heavy (non-hydrogen) atoms. The van der Waals surface area contributed by atoms with Gasteiger partial charge in [-0.15, -0.1) is 23.2 Å². The standard InChI is InChI=1S/C8H18.C3H8O.CH2Cl2/c1-3-5-7-8-6-4-2;1-3(2)4;2-1-3/h3-8H2,1-2H3;3-4H,1-2H3;1H2. The smallest absolute Gasteiger partial charge is 0.0967 e. The summed E-state index contributed by atoms with van der Waals surface area (Å²) in [5, 5.41) is 8.25. The van der Waals surface area contributed by atoms with Crippen molar-refractivity contribution < 1.29 is 5.11 Å². The van der Waals surface area contributed by atoms with Gasteiger partial charge in [-0.1, -0.05) is 52.4 Å². The van der Waals surface area contributed by atoms with Crippen molar-refractivity contribution in [2.24, 2.45) is 0 Å². The average Bonchev–Trinajstić information content (AvgIpc) is 2.13. The quantitative estimate of drug-likeness (QED) is 0.533. The van der Waals surface area contributed by atoms with Gasteiger partial charge in [0.2, 0.25) is 0 Å². The molecular formula is C12H28Cl2O. The van der Waals surface area contributed by atoms with Gasteiger partial charge in [0.15, 0.2) is 0 Å². The third kappa shape index (κ3) is 74.5. The number of aliphatic hydroxyl groups excluding tert-OH is 1. The maximum atomic E-state index is 8.06. The minimum Gasteiger partial charge on any atom is -0.394 e. The molecule has 0 atom stereocenters. The van der Waals surface area contributed by atoms with E-state index in [1.165, 1.54) is 38.5 Å². The van der Waals surface area contributed by atoms with Crippen molar-refractivity contribution in [2.75, 3.05) is 5.34 Å². The summed E-state index contributed by atoms with van der Waals surface area (Å²) in [5.41, 5.74) is 0. The van der Waals surface area contributed by atoms with Crippen LogP contribution in [0.5, 0.6) is 0 Å². The topological polar surface area (TPSA) is 20.2 Å². The maximum absolute atomic E-state index is 8.06. The zero-order chi connectivity index (χ0) is 12.5. The molecule has 0 aromatic rings. The Morgan fingerprint density at radius 1 is 0.867 bits per heavy atom. The third-order valence-corrected chi connectivity index (χ3v) is 1.46. The molecule has 0 aliphatic rings. The van der Waals surface area contributed by atoms with Crippen LogP contribution in [0.3, 0.4) is 0 Å². The molecule has 0 spiro atoms. The SMILES string of the molecule is CC(C)O.CCCCCCCC.ClCCl. The zero-order valence-electron chi connectivity index (χ0n) is 10.7. The highest BCUT2D eigenvalue weighted by Gasteiger charge is 1.83. The number of unbranched alkanes of at least 4 members (excludes halogenated alkanes) is 5. The van der Waals surface area contributed by atoms with Crippen LogP contribution in [-0.4, -0.2) is 16.5 Å². The Labute approximate surface area is 106 Å². The molecule has 0 unspecified atom stereocenters. The molecule has 3 heteroatoms. The van der Waals surface area contributed by atoms with Gasteiger partial charge in [0, 0.05) is 6.10 Å². The first-order valence-electron chi connectivity index (χ1n) is 5.86. The van der Waals surface area contributed by atoms with Crippen LogP contribution in [0.4, 0.5) is 0 Å². The van der Waals surface area contributed by atoms with Crippen LogP contribution in [0, 0.1) is 0 Å². The molecule has 1 N–H and O–H groups in total. The van der Waals surface area contributed by atoms with Crippen LogP contribution < -0.4 is 0 Å². The molecule has 0 aromatic heterocycles. The Morgan fingerprint density at radius 2 is 1.07 bits per heavy atom. The third-order valence-electron chi connectivity index (χ3n) is 1.46. The highest BCUT2D eigenvalue weighted by molar-refractivity contribution is 6.40. The van der Waals surface area contributed by atoms with Gasteiger partial charge in [-0.2, -0.15) is 0 Å². The largest absolute Gasteiger partial charge is 0.394 e. The molecule has 0 bridgehead atoms. The normalized spacial score (nSPS) is 8.80. The molecule has 0 aromatic carbocycles. The predicted molar refractivity (Wildman–Crippen MR) is 73.0 cm³/mol. The molecule has 0 aliphatic heterocycles. The fraction of sp³-hybridized carbons (Fsp3) is 1.00. The van der Waals surface area contributed by atoms with Crippen LogP contribution in [0.15, 0.2) is 0 Å². The van der Waals surface area contributed by atoms with Crippen LogP contribution in [0.25, 0.3) is 0 Å². The molecule has 0 saturated heterocycles. The molecular weight excluding hydrogens is 231 g/mol. The van der Waals surface area contributed by atoms with Gasteiger partial charge < -0.3 is 5.11 Å². The van der Waals surface area contributed by atoms with Crippen molar-refractivity contribution in [3.8, 4) is 0 Å². The van der Waals surface area contributed by atoms with Gasteiger partial charge in [-0.3, -0.25) is 0 Å². The minimum absolute atomic E-state index is 0.167. The highest BCUT2D eigenvalue weighted by Crippen LogP contribution is 2.03. The van der Waals surface area contributed by atoms with Crippen molar-refractivity contribution in [3.05, 3.63) is 0 Å². The van der Waals surface area contributed by atoms with Gasteiger partial charge >= 0.3 is 0 Å². The summed E-state index contributed by atoms with van der Waals surface area (Å²) in [6, 6.07) is 0. The van der Waals surface area contributed by atoms with E-state index in [4.69, 9.17) is 28.3 Å². The second kappa shape index (κ2) is 24.0. The number of hydrogen-bond donors (Lipinski definition) is 1. The van der Waals surface area contributed by atoms with Gasteiger partial charge in [0.1, 0.15) is 0 Å². The summed E-state index contributed by atoms with van der Waals surface area (Å²) >= 11 is 9.53. The van der Waals surface area contributed by atoms with Gasteiger partial charge in [-0.25, -0.2) is 0 Å². The molecule has 0 saturated carbocycles. The fourth-order valence-electron chi connectivity index (χ4n) is 0.854. The first-order chi connectivity index (χ1) is 7.06. The molecule has 0 aliphatic carbocycles. The van der Waals surface area contributed by atoms with E-state index in [1.807, 2.05) is 0 Å². The Hall–Kier alpha value is 0.540.